The Morgan fingerprint density at radius 1 is 1.46 bits per heavy atom. The molecule has 0 aliphatic rings. The fraction of sp³-hybridized carbons (Fsp3) is 0.875. The Labute approximate surface area is 88.6 Å². The molecule has 0 saturated carbocycles. The zero-order valence-electron chi connectivity index (χ0n) is 8.27. The van der Waals surface area contributed by atoms with Crippen LogP contribution in [0.3, 0.4) is 0 Å². The van der Waals surface area contributed by atoms with E-state index in [4.69, 9.17) is 23.2 Å². The lowest BCUT2D eigenvalue weighted by Gasteiger charge is -2.35. The van der Waals surface area contributed by atoms with Gasteiger partial charge in [0.1, 0.15) is 5.60 Å². The summed E-state index contributed by atoms with van der Waals surface area (Å²) in [5.74, 6) is -0.511. The van der Waals surface area contributed by atoms with Crippen molar-refractivity contribution in [2.24, 2.45) is 0 Å². The van der Waals surface area contributed by atoms with Gasteiger partial charge in [0.25, 0.3) is 5.91 Å². The highest BCUT2D eigenvalue weighted by atomic mass is 35.5. The van der Waals surface area contributed by atoms with Crippen molar-refractivity contribution >= 4 is 29.1 Å². The molecule has 0 fully saturated rings. The second-order valence-electron chi connectivity index (χ2n) is 3.40. The quantitative estimate of drug-likeness (QED) is 0.742. The van der Waals surface area contributed by atoms with Gasteiger partial charge in [0.05, 0.1) is 0 Å². The van der Waals surface area contributed by atoms with Crippen LogP contribution >= 0.6 is 23.2 Å². The molecule has 1 atom stereocenters. The monoisotopic (exact) mass is 227 g/mol. The first kappa shape index (κ1) is 13.0. The number of amides is 1. The first-order valence-electron chi connectivity index (χ1n) is 3.98. The number of carbonyl (C=O) groups is 1. The number of aliphatic hydroxyl groups is 1. The number of hydrogen-bond donors (Lipinski definition) is 1. The van der Waals surface area contributed by atoms with Crippen LogP contribution in [0.5, 0.6) is 0 Å². The molecule has 78 valence electrons. The fourth-order valence-corrected chi connectivity index (χ4v) is 1.34. The van der Waals surface area contributed by atoms with E-state index in [1.54, 1.807) is 6.92 Å². The van der Waals surface area contributed by atoms with Crippen LogP contribution in [0, 0.1) is 0 Å². The maximum atomic E-state index is 11.5. The largest absolute Gasteiger partial charge is 0.386 e. The molecule has 0 aromatic heterocycles. The average Bonchev–Trinajstić information content (AvgIpc) is 2.02. The molecule has 0 saturated heterocycles. The van der Waals surface area contributed by atoms with Crippen LogP contribution in [0.1, 0.15) is 20.3 Å². The maximum absolute atomic E-state index is 11.5. The molecule has 3 nitrogen and oxygen atoms in total. The Hall–Kier alpha value is 0.01000. The molecule has 0 aromatic carbocycles. The smallest absolute Gasteiger partial charge is 0.261 e. The summed E-state index contributed by atoms with van der Waals surface area (Å²) in [5.41, 5.74) is -1.42. The summed E-state index contributed by atoms with van der Waals surface area (Å²) in [6.45, 7) is 3.15. The van der Waals surface area contributed by atoms with E-state index in [2.05, 4.69) is 0 Å². The number of alkyl halides is 2. The van der Waals surface area contributed by atoms with Gasteiger partial charge in [-0.1, -0.05) is 30.1 Å². The van der Waals surface area contributed by atoms with Crippen molar-refractivity contribution in [3.05, 3.63) is 0 Å². The molecule has 0 spiro atoms. The third-order valence-electron chi connectivity index (χ3n) is 2.04. The summed E-state index contributed by atoms with van der Waals surface area (Å²) in [6.07, 6.45) is 0.305. The Balaban J connectivity index is 4.85. The van der Waals surface area contributed by atoms with Crippen molar-refractivity contribution in [3.63, 3.8) is 0 Å². The van der Waals surface area contributed by atoms with Gasteiger partial charge in [-0.3, -0.25) is 4.79 Å². The summed E-state index contributed by atoms with van der Waals surface area (Å²) >= 11 is 11.6. The molecule has 0 aliphatic carbocycles. The first-order chi connectivity index (χ1) is 5.66. The van der Waals surface area contributed by atoms with E-state index in [1.807, 2.05) is 0 Å². The van der Waals surface area contributed by atoms with Crippen molar-refractivity contribution in [2.75, 3.05) is 14.1 Å². The molecule has 0 bridgehead atoms. The molecule has 0 aromatic rings. The molecule has 0 rings (SSSR count). The first-order valence-corrected chi connectivity index (χ1v) is 4.74. The minimum atomic E-state index is -1.79. The van der Waals surface area contributed by atoms with E-state index in [9.17, 15) is 9.90 Å². The molecule has 1 N–H and O–H groups in total. The maximum Gasteiger partial charge on any atom is 0.261 e. The zero-order chi connectivity index (χ0) is 10.9. The van der Waals surface area contributed by atoms with Crippen LogP contribution < -0.4 is 0 Å². The number of halogens is 2. The molecule has 1 amide bonds. The van der Waals surface area contributed by atoms with Gasteiger partial charge in [0.15, 0.2) is 0 Å². The van der Waals surface area contributed by atoms with Gasteiger partial charge in [-0.15, -0.1) is 0 Å². The van der Waals surface area contributed by atoms with Crippen molar-refractivity contribution in [2.45, 2.75) is 30.2 Å². The van der Waals surface area contributed by atoms with Gasteiger partial charge >= 0.3 is 0 Å². The summed E-state index contributed by atoms with van der Waals surface area (Å²) in [4.78, 5) is 12.7. The lowest BCUT2D eigenvalue weighted by molar-refractivity contribution is -0.134. The minimum Gasteiger partial charge on any atom is -0.386 e. The molecular formula is C8H15Cl2NO2. The Morgan fingerprint density at radius 3 is 2.08 bits per heavy atom. The fourth-order valence-electron chi connectivity index (χ4n) is 0.733. The van der Waals surface area contributed by atoms with Crippen LogP contribution in [0.2, 0.25) is 0 Å². The van der Waals surface area contributed by atoms with Crippen LogP contribution in [-0.2, 0) is 4.79 Å². The second kappa shape index (κ2) is 4.03. The predicted octanol–water partition coefficient (Wildman–Crippen LogP) is 1.41. The van der Waals surface area contributed by atoms with E-state index in [-0.39, 0.29) is 0 Å². The van der Waals surface area contributed by atoms with E-state index in [0.29, 0.717) is 6.42 Å². The zero-order valence-corrected chi connectivity index (χ0v) is 9.78. The number of carbonyl (C=O) groups excluding carboxylic acids is 1. The van der Waals surface area contributed by atoms with Gasteiger partial charge in [-0.25, -0.2) is 0 Å². The highest BCUT2D eigenvalue weighted by Crippen LogP contribution is 2.37. The van der Waals surface area contributed by atoms with Crippen LogP contribution in [0.15, 0.2) is 0 Å². The van der Waals surface area contributed by atoms with Crippen molar-refractivity contribution < 1.29 is 9.90 Å². The summed E-state index contributed by atoms with van der Waals surface area (Å²) in [7, 11) is 3.07. The average molecular weight is 228 g/mol. The van der Waals surface area contributed by atoms with Crippen molar-refractivity contribution in [3.8, 4) is 0 Å². The molecule has 13 heavy (non-hydrogen) atoms. The molecule has 0 heterocycles. The van der Waals surface area contributed by atoms with Gasteiger partial charge in [0.2, 0.25) is 4.33 Å². The number of rotatable bonds is 3. The highest BCUT2D eigenvalue weighted by molar-refractivity contribution is 6.58. The van der Waals surface area contributed by atoms with E-state index < -0.39 is 15.8 Å². The molecule has 0 radical (unpaired) electrons. The number of hydrogen-bond acceptors (Lipinski definition) is 2. The van der Waals surface area contributed by atoms with Crippen molar-refractivity contribution in [1.29, 1.82) is 0 Å². The molecular weight excluding hydrogens is 213 g/mol. The van der Waals surface area contributed by atoms with Crippen LogP contribution in [-0.4, -0.2) is 39.9 Å². The summed E-state index contributed by atoms with van der Waals surface area (Å²) in [6, 6.07) is 0. The minimum absolute atomic E-state index is 0.305. The summed E-state index contributed by atoms with van der Waals surface area (Å²) in [5, 5.41) is 9.76. The normalized spacial score (nSPS) is 16.5. The van der Waals surface area contributed by atoms with Gasteiger partial charge in [0, 0.05) is 14.1 Å². The van der Waals surface area contributed by atoms with Gasteiger partial charge in [-0.2, -0.15) is 0 Å². The van der Waals surface area contributed by atoms with E-state index in [1.165, 1.54) is 25.9 Å². The summed E-state index contributed by atoms with van der Waals surface area (Å²) < 4.78 is -1.79. The van der Waals surface area contributed by atoms with Crippen LogP contribution in [0.4, 0.5) is 0 Å². The van der Waals surface area contributed by atoms with Gasteiger partial charge < -0.3 is 10.0 Å². The predicted molar refractivity (Wildman–Crippen MR) is 54.0 cm³/mol. The standard InChI is InChI=1S/C8H15Cl2NO2/c1-5-7(2,13)8(9,10)6(12)11(3)4/h13H,5H2,1-4H3. The molecule has 1 unspecified atom stereocenters. The Bertz CT molecular complexity index is 202. The molecule has 0 aliphatic heterocycles. The van der Waals surface area contributed by atoms with Crippen molar-refractivity contribution in [1.82, 2.24) is 4.90 Å². The third-order valence-corrected chi connectivity index (χ3v) is 3.18. The topological polar surface area (TPSA) is 40.5 Å². The highest BCUT2D eigenvalue weighted by Gasteiger charge is 2.50. The van der Waals surface area contributed by atoms with Crippen LogP contribution in [0.25, 0.3) is 0 Å². The second-order valence-corrected chi connectivity index (χ2v) is 4.73. The van der Waals surface area contributed by atoms with E-state index in [0.717, 1.165) is 0 Å². The lowest BCUT2D eigenvalue weighted by Crippen LogP contribution is -2.53. The Morgan fingerprint density at radius 2 is 1.85 bits per heavy atom. The Kier molecular flexibility index (Phi) is 4.03. The van der Waals surface area contributed by atoms with Gasteiger partial charge in [-0.05, 0) is 13.3 Å². The lowest BCUT2D eigenvalue weighted by atomic mass is 9.97. The van der Waals surface area contributed by atoms with E-state index >= 15 is 0 Å². The number of nitrogens with zero attached hydrogens (tertiary/aromatic N) is 1. The SMILES string of the molecule is CCC(C)(O)C(Cl)(Cl)C(=O)N(C)C. The molecule has 5 heteroatoms. The third kappa shape index (κ3) is 2.48.